The van der Waals surface area contributed by atoms with E-state index in [-0.39, 0.29) is 5.57 Å². The topological polar surface area (TPSA) is 112 Å². The van der Waals surface area contributed by atoms with Crippen LogP contribution in [0.25, 0.3) is 22.6 Å². The molecule has 2 aromatic carbocycles. The number of allylic oxidation sites excluding steroid dienone is 1. The molecule has 1 heterocycles. The number of aromatic nitrogens is 1. The van der Waals surface area contributed by atoms with Crippen molar-refractivity contribution in [1.29, 1.82) is 10.5 Å². The van der Waals surface area contributed by atoms with Gasteiger partial charge in [-0.3, -0.25) is 0 Å². The highest BCUT2D eigenvalue weighted by Crippen LogP contribution is 2.27. The second kappa shape index (κ2) is 5.92. The lowest BCUT2D eigenvalue weighted by Gasteiger charge is -2.02. The molecule has 1 aromatic heterocycles. The number of nitriles is 2. The fraction of sp³-hybridized carbons (Fsp3) is 0. The van der Waals surface area contributed by atoms with Gasteiger partial charge in [-0.1, -0.05) is 6.07 Å². The Morgan fingerprint density at radius 1 is 1.17 bits per heavy atom. The van der Waals surface area contributed by atoms with Gasteiger partial charge in [0.15, 0.2) is 5.58 Å². The molecule has 6 heteroatoms. The first-order valence-corrected chi connectivity index (χ1v) is 6.73. The van der Waals surface area contributed by atoms with E-state index in [1.54, 1.807) is 30.3 Å². The SMILES string of the molecule is N#CC(C#N)=CNc1cccc(-c2nc3cc(N)ccc3o2)c1. The Bertz CT molecular complexity index is 972. The van der Waals surface area contributed by atoms with Crippen molar-refractivity contribution in [1.82, 2.24) is 4.98 Å². The number of fused-ring (bicyclic) bond motifs is 1. The lowest BCUT2D eigenvalue weighted by Crippen LogP contribution is -1.90. The Morgan fingerprint density at radius 2 is 2.00 bits per heavy atom. The lowest BCUT2D eigenvalue weighted by molar-refractivity contribution is 0.620. The van der Waals surface area contributed by atoms with Crippen molar-refractivity contribution in [3.63, 3.8) is 0 Å². The number of nitrogen functional groups attached to an aromatic ring is 1. The Kier molecular flexibility index (Phi) is 3.65. The quantitative estimate of drug-likeness (QED) is 0.566. The van der Waals surface area contributed by atoms with Gasteiger partial charge < -0.3 is 15.5 Å². The summed E-state index contributed by atoms with van der Waals surface area (Å²) in [6, 6.07) is 16.2. The smallest absolute Gasteiger partial charge is 0.227 e. The van der Waals surface area contributed by atoms with Crippen LogP contribution in [0.5, 0.6) is 0 Å². The molecule has 0 fully saturated rings. The second-order valence-corrected chi connectivity index (χ2v) is 4.75. The van der Waals surface area contributed by atoms with Gasteiger partial charge in [0.2, 0.25) is 5.89 Å². The molecule has 0 saturated heterocycles. The maximum atomic E-state index is 8.72. The molecule has 0 aliphatic carbocycles. The van der Waals surface area contributed by atoms with Crippen LogP contribution in [0.2, 0.25) is 0 Å². The second-order valence-electron chi connectivity index (χ2n) is 4.75. The van der Waals surface area contributed by atoms with Crippen LogP contribution in [0.15, 0.2) is 58.7 Å². The van der Waals surface area contributed by atoms with E-state index in [1.807, 2.05) is 24.3 Å². The summed E-state index contributed by atoms with van der Waals surface area (Å²) in [6.07, 6.45) is 1.35. The van der Waals surface area contributed by atoms with Gasteiger partial charge in [0.25, 0.3) is 0 Å². The van der Waals surface area contributed by atoms with E-state index >= 15 is 0 Å². The maximum absolute atomic E-state index is 8.72. The summed E-state index contributed by atoms with van der Waals surface area (Å²) in [5.41, 5.74) is 9.19. The predicted molar refractivity (Wildman–Crippen MR) is 86.8 cm³/mol. The number of hydrogen-bond donors (Lipinski definition) is 2. The largest absolute Gasteiger partial charge is 0.436 e. The van der Waals surface area contributed by atoms with E-state index < -0.39 is 0 Å². The van der Waals surface area contributed by atoms with Gasteiger partial charge in [-0.25, -0.2) is 4.98 Å². The molecule has 6 nitrogen and oxygen atoms in total. The van der Waals surface area contributed by atoms with Crippen molar-refractivity contribution in [2.24, 2.45) is 0 Å². The monoisotopic (exact) mass is 301 g/mol. The molecule has 3 N–H and O–H groups in total. The van der Waals surface area contributed by atoms with E-state index in [0.717, 1.165) is 5.56 Å². The predicted octanol–water partition coefficient (Wildman–Crippen LogP) is 3.42. The summed E-state index contributed by atoms with van der Waals surface area (Å²) in [5, 5.41) is 20.4. The molecule has 110 valence electrons. The fourth-order valence-electron chi connectivity index (χ4n) is 2.05. The Balaban J connectivity index is 1.94. The molecule has 0 unspecified atom stereocenters. The van der Waals surface area contributed by atoms with Crippen LogP contribution in [0.4, 0.5) is 11.4 Å². The third-order valence-electron chi connectivity index (χ3n) is 3.15. The zero-order chi connectivity index (χ0) is 16.2. The molecule has 23 heavy (non-hydrogen) atoms. The lowest BCUT2D eigenvalue weighted by atomic mass is 10.2. The number of benzene rings is 2. The minimum atomic E-state index is -0.00672. The summed E-state index contributed by atoms with van der Waals surface area (Å²) in [7, 11) is 0. The Hall–Kier alpha value is -3.77. The first-order chi connectivity index (χ1) is 11.2. The summed E-state index contributed by atoms with van der Waals surface area (Å²) < 4.78 is 5.72. The number of rotatable bonds is 3. The van der Waals surface area contributed by atoms with Crippen molar-refractivity contribution in [2.75, 3.05) is 11.1 Å². The van der Waals surface area contributed by atoms with E-state index in [2.05, 4.69) is 10.3 Å². The normalized spacial score (nSPS) is 9.83. The van der Waals surface area contributed by atoms with Crippen molar-refractivity contribution >= 4 is 22.5 Å². The summed E-state index contributed by atoms with van der Waals surface area (Å²) in [4.78, 5) is 4.42. The Morgan fingerprint density at radius 3 is 2.78 bits per heavy atom. The number of nitrogens with one attached hydrogen (secondary N) is 1. The van der Waals surface area contributed by atoms with Gasteiger partial charge >= 0.3 is 0 Å². The van der Waals surface area contributed by atoms with Crippen molar-refractivity contribution < 1.29 is 4.42 Å². The van der Waals surface area contributed by atoms with Crippen molar-refractivity contribution in [3.05, 3.63) is 54.2 Å². The number of nitrogens with two attached hydrogens (primary N) is 1. The number of oxazole rings is 1. The van der Waals surface area contributed by atoms with Crippen LogP contribution in [-0.4, -0.2) is 4.98 Å². The molecule has 0 atom stereocenters. The average molecular weight is 301 g/mol. The van der Waals surface area contributed by atoms with Crippen molar-refractivity contribution in [3.8, 4) is 23.6 Å². The summed E-state index contributed by atoms with van der Waals surface area (Å²) in [5.74, 6) is 0.471. The zero-order valence-corrected chi connectivity index (χ0v) is 11.9. The van der Waals surface area contributed by atoms with Crippen LogP contribution in [0.1, 0.15) is 0 Å². The van der Waals surface area contributed by atoms with Gasteiger partial charge in [-0.15, -0.1) is 0 Å². The maximum Gasteiger partial charge on any atom is 0.227 e. The molecule has 0 aliphatic rings. The third kappa shape index (κ3) is 2.97. The molecule has 0 aliphatic heterocycles. The van der Waals surface area contributed by atoms with Crippen molar-refractivity contribution in [2.45, 2.75) is 0 Å². The van der Waals surface area contributed by atoms with E-state index in [9.17, 15) is 0 Å². The highest BCUT2D eigenvalue weighted by molar-refractivity contribution is 5.79. The molecule has 0 amide bonds. The van der Waals surface area contributed by atoms with E-state index in [0.29, 0.717) is 28.4 Å². The van der Waals surface area contributed by atoms with Crippen LogP contribution in [0, 0.1) is 22.7 Å². The van der Waals surface area contributed by atoms with Crippen LogP contribution in [0.3, 0.4) is 0 Å². The fourth-order valence-corrected chi connectivity index (χ4v) is 2.05. The van der Waals surface area contributed by atoms with Gasteiger partial charge in [-0.2, -0.15) is 10.5 Å². The minimum absolute atomic E-state index is 0.00672. The first kappa shape index (κ1) is 14.2. The zero-order valence-electron chi connectivity index (χ0n) is 11.9. The number of anilines is 2. The standard InChI is InChI=1S/C17H11N5O/c18-8-11(9-19)10-21-14-3-1-2-12(6-14)17-22-15-7-13(20)4-5-16(15)23-17/h1-7,10,21H,20H2. The van der Waals surface area contributed by atoms with Gasteiger partial charge in [0.1, 0.15) is 23.2 Å². The number of hydrogen-bond acceptors (Lipinski definition) is 6. The Labute approximate surface area is 132 Å². The van der Waals surface area contributed by atoms with Gasteiger partial charge in [0, 0.05) is 23.1 Å². The average Bonchev–Trinajstić information content (AvgIpc) is 2.99. The molecule has 3 aromatic rings. The number of nitrogens with zero attached hydrogens (tertiary/aromatic N) is 3. The molecule has 0 saturated carbocycles. The minimum Gasteiger partial charge on any atom is -0.436 e. The summed E-state index contributed by atoms with van der Waals surface area (Å²) in [6.45, 7) is 0. The molecule has 0 radical (unpaired) electrons. The molecule has 0 spiro atoms. The first-order valence-electron chi connectivity index (χ1n) is 6.73. The van der Waals surface area contributed by atoms with Crippen LogP contribution < -0.4 is 11.1 Å². The highest BCUT2D eigenvalue weighted by atomic mass is 16.3. The molecule has 0 bridgehead atoms. The molecular weight excluding hydrogens is 290 g/mol. The third-order valence-corrected chi connectivity index (χ3v) is 3.15. The van der Waals surface area contributed by atoms with Gasteiger partial charge in [-0.05, 0) is 36.4 Å². The van der Waals surface area contributed by atoms with Gasteiger partial charge in [0.05, 0.1) is 0 Å². The van der Waals surface area contributed by atoms with E-state index in [1.165, 1.54) is 6.20 Å². The van der Waals surface area contributed by atoms with E-state index in [4.69, 9.17) is 20.7 Å². The molecule has 3 rings (SSSR count). The highest BCUT2D eigenvalue weighted by Gasteiger charge is 2.08. The summed E-state index contributed by atoms with van der Waals surface area (Å²) >= 11 is 0. The van der Waals surface area contributed by atoms with Crippen LogP contribution >= 0.6 is 0 Å². The van der Waals surface area contributed by atoms with Crippen LogP contribution in [-0.2, 0) is 0 Å². The molecular formula is C17H11N5O.